The molecule has 4 heteroatoms. The molecule has 0 aliphatic rings. The highest BCUT2D eigenvalue weighted by Crippen LogP contribution is 2.31. The first-order valence-electron chi connectivity index (χ1n) is 10.9. The Morgan fingerprint density at radius 3 is 1.78 bits per heavy atom. The highest BCUT2D eigenvalue weighted by atomic mass is 19.4. The lowest BCUT2D eigenvalue weighted by Crippen LogP contribution is -2.16. The maximum absolute atomic E-state index is 12.4. The van der Waals surface area contributed by atoms with Crippen LogP contribution in [0.25, 0.3) is 33.0 Å². The van der Waals surface area contributed by atoms with Crippen LogP contribution in [0.5, 0.6) is 5.75 Å². The molecule has 0 amide bonds. The lowest BCUT2D eigenvalue weighted by atomic mass is 9.97. The summed E-state index contributed by atoms with van der Waals surface area (Å²) in [5.74, 6) is -0.210. The highest BCUT2D eigenvalue weighted by Gasteiger charge is 2.31. The first-order valence-corrected chi connectivity index (χ1v) is 10.9. The van der Waals surface area contributed by atoms with E-state index in [0.29, 0.717) is 5.39 Å². The molecule has 0 radical (unpaired) electrons. The lowest BCUT2D eigenvalue weighted by Gasteiger charge is -2.10. The van der Waals surface area contributed by atoms with Gasteiger partial charge in [0.1, 0.15) is 5.75 Å². The smallest absolute Gasteiger partial charge is 0.406 e. The third-order valence-electron chi connectivity index (χ3n) is 5.62. The van der Waals surface area contributed by atoms with E-state index >= 15 is 0 Å². The van der Waals surface area contributed by atoms with Crippen LogP contribution in [-0.4, -0.2) is 6.36 Å². The molecule has 0 aliphatic carbocycles. The van der Waals surface area contributed by atoms with E-state index in [-0.39, 0.29) is 5.75 Å². The van der Waals surface area contributed by atoms with Gasteiger partial charge >= 0.3 is 6.36 Å². The van der Waals surface area contributed by atoms with Crippen LogP contribution in [0.3, 0.4) is 0 Å². The van der Waals surface area contributed by atoms with Gasteiger partial charge in [-0.2, -0.15) is 0 Å². The number of rotatable bonds is 7. The normalized spacial score (nSPS) is 11.6. The van der Waals surface area contributed by atoms with Crippen molar-refractivity contribution in [2.75, 3.05) is 0 Å². The Balaban J connectivity index is 1.50. The van der Waals surface area contributed by atoms with Crippen LogP contribution in [0.4, 0.5) is 13.2 Å². The van der Waals surface area contributed by atoms with Gasteiger partial charge in [-0.1, -0.05) is 86.5 Å². The minimum atomic E-state index is -4.69. The Bertz CT molecular complexity index is 1180. The summed E-state index contributed by atoms with van der Waals surface area (Å²) in [6.45, 7) is 2.22. The summed E-state index contributed by atoms with van der Waals surface area (Å²) in [5, 5.41) is 1.56. The second-order valence-electron chi connectivity index (χ2n) is 8.00. The zero-order chi connectivity index (χ0) is 22.6. The van der Waals surface area contributed by atoms with Crippen LogP contribution in [0.2, 0.25) is 0 Å². The van der Waals surface area contributed by atoms with E-state index < -0.39 is 6.36 Å². The van der Waals surface area contributed by atoms with E-state index in [1.54, 1.807) is 6.07 Å². The van der Waals surface area contributed by atoms with Crippen molar-refractivity contribution < 1.29 is 17.9 Å². The van der Waals surface area contributed by atoms with Crippen LogP contribution < -0.4 is 4.74 Å². The Morgan fingerprint density at radius 1 is 0.625 bits per heavy atom. The van der Waals surface area contributed by atoms with E-state index in [1.807, 2.05) is 18.2 Å². The maximum atomic E-state index is 12.4. The van der Waals surface area contributed by atoms with E-state index in [1.165, 1.54) is 42.5 Å². The predicted molar refractivity (Wildman–Crippen MR) is 125 cm³/mol. The van der Waals surface area contributed by atoms with Gasteiger partial charge in [-0.15, -0.1) is 13.2 Å². The van der Waals surface area contributed by atoms with Gasteiger partial charge in [0.25, 0.3) is 0 Å². The molecule has 0 bridgehead atoms. The molecular formula is C28H25F3O. The number of hydrogen-bond acceptors (Lipinski definition) is 1. The van der Waals surface area contributed by atoms with E-state index in [0.717, 1.165) is 28.5 Å². The largest absolute Gasteiger partial charge is 0.573 e. The molecule has 0 N–H and O–H groups in total. The molecule has 0 atom stereocenters. The Labute approximate surface area is 186 Å². The van der Waals surface area contributed by atoms with Gasteiger partial charge in [0.05, 0.1) is 0 Å². The molecule has 164 valence electrons. The van der Waals surface area contributed by atoms with Crippen molar-refractivity contribution in [3.8, 4) is 28.0 Å². The third-order valence-corrected chi connectivity index (χ3v) is 5.62. The summed E-state index contributed by atoms with van der Waals surface area (Å²) < 4.78 is 41.3. The molecule has 0 unspecified atom stereocenters. The fourth-order valence-corrected chi connectivity index (χ4v) is 3.90. The molecule has 0 spiro atoms. The number of hydrogen-bond donors (Lipinski definition) is 0. The molecule has 32 heavy (non-hydrogen) atoms. The molecule has 0 aliphatic heterocycles. The van der Waals surface area contributed by atoms with Crippen LogP contribution in [0, 0.1) is 0 Å². The van der Waals surface area contributed by atoms with Gasteiger partial charge < -0.3 is 4.74 Å². The molecule has 0 saturated heterocycles. The highest BCUT2D eigenvalue weighted by molar-refractivity contribution is 5.88. The second-order valence-corrected chi connectivity index (χ2v) is 8.00. The van der Waals surface area contributed by atoms with Crippen molar-refractivity contribution in [1.82, 2.24) is 0 Å². The molecule has 4 aromatic carbocycles. The monoisotopic (exact) mass is 434 g/mol. The van der Waals surface area contributed by atoms with Crippen LogP contribution in [0.1, 0.15) is 31.7 Å². The topological polar surface area (TPSA) is 9.23 Å². The number of benzene rings is 4. The summed E-state index contributed by atoms with van der Waals surface area (Å²) in [6, 6.07) is 27.2. The lowest BCUT2D eigenvalue weighted by molar-refractivity contribution is -0.274. The van der Waals surface area contributed by atoms with Gasteiger partial charge in [-0.05, 0) is 69.6 Å². The third kappa shape index (κ3) is 5.50. The van der Waals surface area contributed by atoms with Gasteiger partial charge in [0, 0.05) is 0 Å². The van der Waals surface area contributed by atoms with Crippen LogP contribution in [0.15, 0.2) is 84.9 Å². The second kappa shape index (κ2) is 9.47. The number of ether oxygens (including phenoxy) is 1. The molecule has 0 heterocycles. The van der Waals surface area contributed by atoms with Crippen molar-refractivity contribution in [3.63, 3.8) is 0 Å². The standard InChI is InChI=1S/C28H25F3O/c1-2-3-4-5-20-6-8-21(9-7-20)22-10-12-23(13-11-22)24-14-15-26-19-27(32-28(29,30)31)17-16-25(26)18-24/h6-19H,2-5H2,1H3. The quantitative estimate of drug-likeness (QED) is 0.264. The molecule has 0 saturated carbocycles. The predicted octanol–water partition coefficient (Wildman–Crippen LogP) is 8.81. The average molecular weight is 435 g/mol. The van der Waals surface area contributed by atoms with Gasteiger partial charge in [-0.25, -0.2) is 0 Å². The van der Waals surface area contributed by atoms with Crippen molar-refractivity contribution in [2.45, 2.75) is 39.0 Å². The first-order chi connectivity index (χ1) is 15.4. The van der Waals surface area contributed by atoms with Gasteiger partial charge in [0.2, 0.25) is 0 Å². The van der Waals surface area contributed by atoms with Gasteiger partial charge in [-0.3, -0.25) is 0 Å². The van der Waals surface area contributed by atoms with E-state index in [2.05, 4.69) is 60.2 Å². The van der Waals surface area contributed by atoms with E-state index in [9.17, 15) is 13.2 Å². The Morgan fingerprint density at radius 2 is 1.16 bits per heavy atom. The minimum absolute atomic E-state index is 0.210. The first kappa shape index (κ1) is 21.9. The fourth-order valence-electron chi connectivity index (χ4n) is 3.90. The zero-order valence-electron chi connectivity index (χ0n) is 18.0. The van der Waals surface area contributed by atoms with Crippen molar-refractivity contribution >= 4 is 10.8 Å². The maximum Gasteiger partial charge on any atom is 0.573 e. The van der Waals surface area contributed by atoms with Crippen molar-refractivity contribution in [3.05, 3.63) is 90.5 Å². The number of halogens is 3. The molecule has 4 rings (SSSR count). The summed E-state index contributed by atoms with van der Waals surface area (Å²) in [7, 11) is 0. The molecule has 4 aromatic rings. The summed E-state index contributed by atoms with van der Waals surface area (Å²) in [6.07, 6.45) is 0.159. The molecular weight excluding hydrogens is 409 g/mol. The molecule has 0 aromatic heterocycles. The number of aryl methyl sites for hydroxylation is 1. The Hall–Kier alpha value is -3.27. The average Bonchev–Trinajstić information content (AvgIpc) is 2.78. The fraction of sp³-hybridized carbons (Fsp3) is 0.214. The number of fused-ring (bicyclic) bond motifs is 1. The summed E-state index contributed by atoms with van der Waals surface area (Å²) in [5.41, 5.74) is 5.79. The van der Waals surface area contributed by atoms with Crippen LogP contribution in [-0.2, 0) is 6.42 Å². The summed E-state index contributed by atoms with van der Waals surface area (Å²) >= 11 is 0. The van der Waals surface area contributed by atoms with Crippen LogP contribution >= 0.6 is 0 Å². The van der Waals surface area contributed by atoms with Crippen molar-refractivity contribution in [2.24, 2.45) is 0 Å². The molecule has 1 nitrogen and oxygen atoms in total. The minimum Gasteiger partial charge on any atom is -0.406 e. The molecule has 0 fully saturated rings. The number of alkyl halides is 3. The Kier molecular flexibility index (Phi) is 6.50. The van der Waals surface area contributed by atoms with Crippen molar-refractivity contribution in [1.29, 1.82) is 0 Å². The zero-order valence-corrected chi connectivity index (χ0v) is 18.0. The summed E-state index contributed by atoms with van der Waals surface area (Å²) in [4.78, 5) is 0. The SMILES string of the molecule is CCCCCc1ccc(-c2ccc(-c3ccc4cc(OC(F)(F)F)ccc4c3)cc2)cc1. The van der Waals surface area contributed by atoms with Gasteiger partial charge in [0.15, 0.2) is 0 Å². The van der Waals surface area contributed by atoms with E-state index in [4.69, 9.17) is 0 Å². The number of unbranched alkanes of at least 4 members (excludes halogenated alkanes) is 2.